The van der Waals surface area contributed by atoms with E-state index in [0.717, 1.165) is 12.8 Å². The summed E-state index contributed by atoms with van der Waals surface area (Å²) in [6.45, 7) is 3.93. The van der Waals surface area contributed by atoms with Crippen molar-refractivity contribution >= 4 is 28.4 Å². The zero-order valence-corrected chi connectivity index (χ0v) is 8.85. The Morgan fingerprint density at radius 3 is 2.40 bits per heavy atom. The van der Waals surface area contributed by atoms with Crippen molar-refractivity contribution in [3.05, 3.63) is 0 Å². The van der Waals surface area contributed by atoms with Gasteiger partial charge in [-0.15, -0.1) is 0 Å². The van der Waals surface area contributed by atoms with E-state index in [1.807, 2.05) is 13.8 Å². The number of halogens is 1. The Labute approximate surface area is 76.7 Å². The minimum absolute atomic E-state index is 0.231. The van der Waals surface area contributed by atoms with Crippen molar-refractivity contribution < 1.29 is 4.79 Å². The summed E-state index contributed by atoms with van der Waals surface area (Å²) >= 11 is 2.34. The predicted octanol–water partition coefficient (Wildman–Crippen LogP) is 2.82. The van der Waals surface area contributed by atoms with Crippen molar-refractivity contribution in [3.8, 4) is 0 Å². The highest BCUT2D eigenvalue weighted by atomic mass is 127. The molecule has 0 aliphatic rings. The van der Waals surface area contributed by atoms with Gasteiger partial charge in [0.25, 0.3) is 0 Å². The van der Waals surface area contributed by atoms with Crippen LogP contribution >= 0.6 is 22.6 Å². The van der Waals surface area contributed by atoms with Crippen LogP contribution < -0.4 is 0 Å². The molecule has 0 saturated heterocycles. The van der Waals surface area contributed by atoms with Gasteiger partial charge in [-0.3, -0.25) is 4.79 Å². The Morgan fingerprint density at radius 2 is 2.00 bits per heavy atom. The fraction of sp³-hybridized carbons (Fsp3) is 0.875. The van der Waals surface area contributed by atoms with Crippen LogP contribution in [0.3, 0.4) is 0 Å². The molecule has 0 fully saturated rings. The third-order valence-corrected chi connectivity index (χ3v) is 2.21. The Kier molecular flexibility index (Phi) is 6.38. The fourth-order valence-corrected chi connectivity index (χ4v) is 1.22. The van der Waals surface area contributed by atoms with Crippen LogP contribution in [0.1, 0.15) is 33.1 Å². The van der Waals surface area contributed by atoms with Crippen molar-refractivity contribution in [2.24, 2.45) is 5.92 Å². The molecule has 60 valence electrons. The van der Waals surface area contributed by atoms with Crippen LogP contribution in [0.15, 0.2) is 0 Å². The van der Waals surface area contributed by atoms with E-state index in [4.69, 9.17) is 0 Å². The highest BCUT2D eigenvalue weighted by Gasteiger charge is 2.04. The van der Waals surface area contributed by atoms with Gasteiger partial charge in [-0.05, 0) is 17.3 Å². The molecule has 0 amide bonds. The minimum Gasteiger partial charge on any atom is -0.299 e. The molecular weight excluding hydrogens is 239 g/mol. The SMILES string of the molecule is CC(C)C(=O)CCCCI. The summed E-state index contributed by atoms with van der Waals surface area (Å²) in [7, 11) is 0. The van der Waals surface area contributed by atoms with Crippen molar-refractivity contribution in [1.29, 1.82) is 0 Å². The molecule has 0 rings (SSSR count). The fourth-order valence-electron chi connectivity index (χ4n) is 0.682. The molecule has 0 aliphatic carbocycles. The van der Waals surface area contributed by atoms with Gasteiger partial charge in [0.1, 0.15) is 5.78 Å². The molecule has 0 bridgehead atoms. The van der Waals surface area contributed by atoms with Crippen LogP contribution in [0.4, 0.5) is 0 Å². The number of Topliss-reactive ketones (excluding diaryl/α,β-unsaturated/α-hetero) is 1. The molecule has 0 aromatic rings. The summed E-state index contributed by atoms with van der Waals surface area (Å²) in [5.74, 6) is 0.638. The first-order valence-corrected chi connectivity index (χ1v) is 5.29. The van der Waals surface area contributed by atoms with E-state index < -0.39 is 0 Å². The number of carbonyl (C=O) groups excluding carboxylic acids is 1. The lowest BCUT2D eigenvalue weighted by Crippen LogP contribution is -2.05. The summed E-state index contributed by atoms with van der Waals surface area (Å²) in [5, 5.41) is 0. The molecule has 0 atom stereocenters. The first-order valence-electron chi connectivity index (χ1n) is 3.77. The lowest BCUT2D eigenvalue weighted by atomic mass is 10.0. The zero-order chi connectivity index (χ0) is 7.98. The van der Waals surface area contributed by atoms with Crippen LogP contribution in [0.5, 0.6) is 0 Å². The van der Waals surface area contributed by atoms with E-state index in [0.29, 0.717) is 5.78 Å². The molecule has 1 nitrogen and oxygen atoms in total. The van der Waals surface area contributed by atoms with Crippen molar-refractivity contribution in [1.82, 2.24) is 0 Å². The van der Waals surface area contributed by atoms with Crippen molar-refractivity contribution in [3.63, 3.8) is 0 Å². The topological polar surface area (TPSA) is 17.1 Å². The van der Waals surface area contributed by atoms with Gasteiger partial charge in [0.2, 0.25) is 0 Å². The number of ketones is 1. The number of rotatable bonds is 5. The highest BCUT2D eigenvalue weighted by molar-refractivity contribution is 14.1. The number of alkyl halides is 1. The number of carbonyl (C=O) groups is 1. The third kappa shape index (κ3) is 5.21. The number of unbranched alkanes of at least 4 members (excludes halogenated alkanes) is 1. The van der Waals surface area contributed by atoms with Crippen LogP contribution in [-0.2, 0) is 4.79 Å². The van der Waals surface area contributed by atoms with Crippen molar-refractivity contribution in [2.45, 2.75) is 33.1 Å². The van der Waals surface area contributed by atoms with Gasteiger partial charge < -0.3 is 0 Å². The summed E-state index contributed by atoms with van der Waals surface area (Å²) in [6, 6.07) is 0. The summed E-state index contributed by atoms with van der Waals surface area (Å²) in [5.41, 5.74) is 0. The molecule has 0 saturated carbocycles. The normalized spacial score (nSPS) is 10.4. The van der Waals surface area contributed by atoms with Gasteiger partial charge in [-0.2, -0.15) is 0 Å². The van der Waals surface area contributed by atoms with E-state index in [9.17, 15) is 4.79 Å². The lowest BCUT2D eigenvalue weighted by Gasteiger charge is -2.01. The van der Waals surface area contributed by atoms with Gasteiger partial charge in [0, 0.05) is 12.3 Å². The second kappa shape index (κ2) is 6.13. The van der Waals surface area contributed by atoms with Crippen LogP contribution in [-0.4, -0.2) is 10.2 Å². The largest absolute Gasteiger partial charge is 0.299 e. The van der Waals surface area contributed by atoms with Crippen LogP contribution in [0.2, 0.25) is 0 Å². The monoisotopic (exact) mass is 254 g/mol. The highest BCUT2D eigenvalue weighted by Crippen LogP contribution is 2.05. The molecule has 2 heteroatoms. The molecule has 0 aromatic heterocycles. The molecule has 0 N–H and O–H groups in total. The van der Waals surface area contributed by atoms with E-state index in [2.05, 4.69) is 22.6 Å². The van der Waals surface area contributed by atoms with E-state index >= 15 is 0 Å². The molecule has 0 radical (unpaired) electrons. The molecule has 0 spiro atoms. The number of hydrogen-bond donors (Lipinski definition) is 0. The second-order valence-corrected chi connectivity index (χ2v) is 3.85. The Balaban J connectivity index is 3.22. The lowest BCUT2D eigenvalue weighted by molar-refractivity contribution is -0.121. The van der Waals surface area contributed by atoms with Gasteiger partial charge in [0.05, 0.1) is 0 Å². The molecule has 0 aromatic carbocycles. The second-order valence-electron chi connectivity index (χ2n) is 2.77. The molecule has 0 unspecified atom stereocenters. The minimum atomic E-state index is 0.231. The van der Waals surface area contributed by atoms with Gasteiger partial charge in [0.15, 0.2) is 0 Å². The molecule has 10 heavy (non-hydrogen) atoms. The standard InChI is InChI=1S/C8H15IO/c1-7(2)8(10)5-3-4-6-9/h7H,3-6H2,1-2H3. The maximum absolute atomic E-state index is 11.0. The molecule has 0 aliphatic heterocycles. The van der Waals surface area contributed by atoms with E-state index in [1.54, 1.807) is 0 Å². The summed E-state index contributed by atoms with van der Waals surface area (Å²) < 4.78 is 1.17. The Hall–Kier alpha value is 0.400. The first kappa shape index (κ1) is 10.4. The third-order valence-electron chi connectivity index (χ3n) is 1.45. The van der Waals surface area contributed by atoms with Gasteiger partial charge >= 0.3 is 0 Å². The van der Waals surface area contributed by atoms with Crippen molar-refractivity contribution in [2.75, 3.05) is 4.43 Å². The Morgan fingerprint density at radius 1 is 1.40 bits per heavy atom. The smallest absolute Gasteiger partial charge is 0.135 e. The molecular formula is C8H15IO. The maximum atomic E-state index is 11.0. The first-order chi connectivity index (χ1) is 4.68. The van der Waals surface area contributed by atoms with Gasteiger partial charge in [-0.1, -0.05) is 36.4 Å². The van der Waals surface area contributed by atoms with Crippen LogP contribution in [0.25, 0.3) is 0 Å². The van der Waals surface area contributed by atoms with Gasteiger partial charge in [-0.25, -0.2) is 0 Å². The van der Waals surface area contributed by atoms with Crippen LogP contribution in [0, 0.1) is 5.92 Å². The maximum Gasteiger partial charge on any atom is 0.135 e. The zero-order valence-electron chi connectivity index (χ0n) is 6.69. The average molecular weight is 254 g/mol. The quantitative estimate of drug-likeness (QED) is 0.419. The predicted molar refractivity (Wildman–Crippen MR) is 52.6 cm³/mol. The van der Waals surface area contributed by atoms with E-state index in [1.165, 1.54) is 10.8 Å². The summed E-state index contributed by atoms with van der Waals surface area (Å²) in [4.78, 5) is 11.0. The Bertz CT molecular complexity index is 99.4. The molecule has 0 heterocycles. The average Bonchev–Trinajstić information content (AvgIpc) is 1.88. The summed E-state index contributed by atoms with van der Waals surface area (Å²) in [6.07, 6.45) is 3.03. The van der Waals surface area contributed by atoms with E-state index in [-0.39, 0.29) is 5.92 Å². The number of hydrogen-bond acceptors (Lipinski definition) is 1.